The minimum atomic E-state index is -1.02. The Morgan fingerprint density at radius 1 is 1.30 bits per heavy atom. The molecule has 0 fully saturated rings. The maximum Gasteiger partial charge on any atom is 0.328 e. The van der Waals surface area contributed by atoms with Crippen molar-refractivity contribution in [3.05, 3.63) is 59.7 Å². The molecule has 2 aromatic rings. The number of aromatic nitrogens is 2. The largest absolute Gasteiger partial charge is 0.487 e. The second-order valence-corrected chi connectivity index (χ2v) is 4.15. The fraction of sp³-hybridized carbons (Fsp3) is 0.133. The number of hydrogen-bond acceptors (Lipinski definition) is 4. The third-order valence-corrected chi connectivity index (χ3v) is 2.55. The third kappa shape index (κ3) is 3.91. The van der Waals surface area contributed by atoms with E-state index >= 15 is 0 Å². The predicted octanol–water partition coefficient (Wildman–Crippen LogP) is 2.46. The summed E-state index contributed by atoms with van der Waals surface area (Å²) in [6.07, 6.45) is 5.85. The monoisotopic (exact) mass is 270 g/mol. The van der Waals surface area contributed by atoms with Crippen LogP contribution in [0.3, 0.4) is 0 Å². The number of carboxylic acids is 1. The summed E-state index contributed by atoms with van der Waals surface area (Å²) in [5.41, 5.74) is 2.28. The number of ether oxygens (including phenoxy) is 1. The molecule has 0 amide bonds. The molecular weight excluding hydrogens is 256 g/mol. The highest BCUT2D eigenvalue weighted by atomic mass is 16.5. The van der Waals surface area contributed by atoms with Gasteiger partial charge in [-0.25, -0.2) is 9.78 Å². The Morgan fingerprint density at radius 3 is 2.75 bits per heavy atom. The minimum absolute atomic E-state index is 0.376. The molecule has 5 heteroatoms. The van der Waals surface area contributed by atoms with Crippen molar-refractivity contribution in [3.8, 4) is 5.75 Å². The van der Waals surface area contributed by atoms with E-state index in [9.17, 15) is 4.79 Å². The van der Waals surface area contributed by atoms with Crippen LogP contribution in [0.25, 0.3) is 6.08 Å². The average Bonchev–Trinajstić information content (AvgIpc) is 2.45. The summed E-state index contributed by atoms with van der Waals surface area (Å²) in [6, 6.07) is 7.31. The first-order valence-corrected chi connectivity index (χ1v) is 6.05. The zero-order valence-corrected chi connectivity index (χ0v) is 11.0. The lowest BCUT2D eigenvalue weighted by Gasteiger charge is -2.09. The fourth-order valence-corrected chi connectivity index (χ4v) is 1.60. The first-order valence-electron chi connectivity index (χ1n) is 6.05. The lowest BCUT2D eigenvalue weighted by atomic mass is 10.2. The Labute approximate surface area is 116 Å². The molecule has 1 N–H and O–H groups in total. The highest BCUT2D eigenvalue weighted by Crippen LogP contribution is 2.19. The van der Waals surface area contributed by atoms with Gasteiger partial charge in [0.2, 0.25) is 0 Å². The van der Waals surface area contributed by atoms with E-state index in [1.807, 2.05) is 25.1 Å². The van der Waals surface area contributed by atoms with Crippen LogP contribution in [0.5, 0.6) is 5.75 Å². The van der Waals surface area contributed by atoms with Crippen LogP contribution in [0.1, 0.15) is 17.0 Å². The standard InChI is InChI=1S/C15H14N2O3/c1-11-2-4-14(13(17-11)3-5-15(18)19)20-10-12-6-8-16-9-7-12/h2-9H,10H2,1H3,(H,18,19). The van der Waals surface area contributed by atoms with Gasteiger partial charge in [0.05, 0.1) is 0 Å². The number of pyridine rings is 2. The Morgan fingerprint density at radius 2 is 2.05 bits per heavy atom. The van der Waals surface area contributed by atoms with Gasteiger partial charge < -0.3 is 9.84 Å². The first kappa shape index (κ1) is 13.7. The SMILES string of the molecule is Cc1ccc(OCc2ccncc2)c(C=CC(=O)O)n1. The molecule has 0 radical (unpaired) electrons. The van der Waals surface area contributed by atoms with Crippen molar-refractivity contribution >= 4 is 12.0 Å². The molecule has 5 nitrogen and oxygen atoms in total. The summed E-state index contributed by atoms with van der Waals surface area (Å²) in [5.74, 6) is -0.474. The minimum Gasteiger partial charge on any atom is -0.487 e. The van der Waals surface area contributed by atoms with E-state index in [0.29, 0.717) is 18.1 Å². The van der Waals surface area contributed by atoms with Crippen LogP contribution in [0.4, 0.5) is 0 Å². The Bertz CT molecular complexity index is 624. The first-order chi connectivity index (χ1) is 9.65. The Kier molecular flexibility index (Phi) is 4.44. The maximum absolute atomic E-state index is 10.6. The van der Waals surface area contributed by atoms with Crippen molar-refractivity contribution in [2.45, 2.75) is 13.5 Å². The molecule has 0 saturated carbocycles. The zero-order valence-electron chi connectivity index (χ0n) is 11.0. The summed E-state index contributed by atoms with van der Waals surface area (Å²) >= 11 is 0. The number of aliphatic carboxylic acids is 1. The van der Waals surface area contributed by atoms with Crippen LogP contribution in [-0.2, 0) is 11.4 Å². The second kappa shape index (κ2) is 6.47. The van der Waals surface area contributed by atoms with Gasteiger partial charge >= 0.3 is 5.97 Å². The van der Waals surface area contributed by atoms with Gasteiger partial charge in [-0.15, -0.1) is 0 Å². The lowest BCUT2D eigenvalue weighted by molar-refractivity contribution is -0.131. The molecule has 20 heavy (non-hydrogen) atoms. The summed E-state index contributed by atoms with van der Waals surface area (Å²) in [4.78, 5) is 18.8. The van der Waals surface area contributed by atoms with E-state index in [2.05, 4.69) is 9.97 Å². The highest BCUT2D eigenvalue weighted by molar-refractivity contribution is 5.85. The molecule has 0 spiro atoms. The predicted molar refractivity (Wildman–Crippen MR) is 74.2 cm³/mol. The normalized spacial score (nSPS) is 10.7. The van der Waals surface area contributed by atoms with Gasteiger partial charge in [0.15, 0.2) is 0 Å². The third-order valence-electron chi connectivity index (χ3n) is 2.55. The van der Waals surface area contributed by atoms with Crippen molar-refractivity contribution in [2.24, 2.45) is 0 Å². The van der Waals surface area contributed by atoms with Gasteiger partial charge in [-0.2, -0.15) is 0 Å². The molecule has 0 atom stereocenters. The van der Waals surface area contributed by atoms with Crippen LogP contribution < -0.4 is 4.74 Å². The topological polar surface area (TPSA) is 72.3 Å². The molecule has 2 heterocycles. The summed E-state index contributed by atoms with van der Waals surface area (Å²) in [6.45, 7) is 2.21. The van der Waals surface area contributed by atoms with Crippen LogP contribution >= 0.6 is 0 Å². The molecule has 0 aromatic carbocycles. The molecular formula is C15H14N2O3. The summed E-state index contributed by atoms with van der Waals surface area (Å²) < 4.78 is 5.68. The van der Waals surface area contributed by atoms with Crippen LogP contribution in [0.2, 0.25) is 0 Å². The van der Waals surface area contributed by atoms with E-state index in [4.69, 9.17) is 9.84 Å². The molecule has 0 unspecified atom stereocenters. The zero-order chi connectivity index (χ0) is 14.4. The number of carboxylic acid groups (broad SMARTS) is 1. The number of nitrogens with zero attached hydrogens (tertiary/aromatic N) is 2. The second-order valence-electron chi connectivity index (χ2n) is 4.15. The number of hydrogen-bond donors (Lipinski definition) is 1. The smallest absolute Gasteiger partial charge is 0.328 e. The van der Waals surface area contributed by atoms with E-state index in [-0.39, 0.29) is 0 Å². The van der Waals surface area contributed by atoms with E-state index in [0.717, 1.165) is 17.3 Å². The van der Waals surface area contributed by atoms with E-state index in [1.54, 1.807) is 18.5 Å². The van der Waals surface area contributed by atoms with E-state index < -0.39 is 5.97 Å². The lowest BCUT2D eigenvalue weighted by Crippen LogP contribution is -1.99. The van der Waals surface area contributed by atoms with E-state index in [1.165, 1.54) is 6.08 Å². The van der Waals surface area contributed by atoms with Gasteiger partial charge in [0.1, 0.15) is 18.1 Å². The van der Waals surface area contributed by atoms with Crippen molar-refractivity contribution in [3.63, 3.8) is 0 Å². The Hall–Kier alpha value is -2.69. The average molecular weight is 270 g/mol. The maximum atomic E-state index is 10.6. The molecule has 2 rings (SSSR count). The van der Waals surface area contributed by atoms with Crippen molar-refractivity contribution in [1.29, 1.82) is 0 Å². The highest BCUT2D eigenvalue weighted by Gasteiger charge is 2.04. The molecule has 102 valence electrons. The molecule has 0 bridgehead atoms. The summed E-state index contributed by atoms with van der Waals surface area (Å²) in [7, 11) is 0. The van der Waals surface area contributed by atoms with Gasteiger partial charge in [0.25, 0.3) is 0 Å². The van der Waals surface area contributed by atoms with Crippen LogP contribution in [0.15, 0.2) is 42.7 Å². The molecule has 0 saturated heterocycles. The van der Waals surface area contributed by atoms with Crippen LogP contribution in [0, 0.1) is 6.92 Å². The Balaban J connectivity index is 2.16. The number of rotatable bonds is 5. The van der Waals surface area contributed by atoms with Crippen molar-refractivity contribution in [1.82, 2.24) is 9.97 Å². The molecule has 0 aliphatic carbocycles. The summed E-state index contributed by atoms with van der Waals surface area (Å²) in [5, 5.41) is 8.68. The number of aryl methyl sites for hydroxylation is 1. The fourth-order valence-electron chi connectivity index (χ4n) is 1.60. The van der Waals surface area contributed by atoms with Gasteiger partial charge in [-0.05, 0) is 42.8 Å². The molecule has 0 aliphatic rings. The van der Waals surface area contributed by atoms with Crippen LogP contribution in [-0.4, -0.2) is 21.0 Å². The van der Waals surface area contributed by atoms with Gasteiger partial charge in [0, 0.05) is 24.2 Å². The molecule has 0 aliphatic heterocycles. The van der Waals surface area contributed by atoms with Crippen molar-refractivity contribution < 1.29 is 14.6 Å². The quantitative estimate of drug-likeness (QED) is 0.845. The van der Waals surface area contributed by atoms with Gasteiger partial charge in [-0.1, -0.05) is 0 Å². The number of carbonyl (C=O) groups is 1. The van der Waals surface area contributed by atoms with Gasteiger partial charge in [-0.3, -0.25) is 4.98 Å². The molecule has 2 aromatic heterocycles. The van der Waals surface area contributed by atoms with Crippen molar-refractivity contribution in [2.75, 3.05) is 0 Å².